The molecule has 0 saturated carbocycles. The quantitative estimate of drug-likeness (QED) is 0.359. The monoisotopic (exact) mass is 288 g/mol. The number of aryl methyl sites for hydroxylation is 1. The Kier molecular flexibility index (Phi) is 3.15. The van der Waals surface area contributed by atoms with Gasteiger partial charge in [0, 0.05) is 10.8 Å². The van der Waals surface area contributed by atoms with E-state index in [1.165, 1.54) is 51.8 Å². The Bertz CT molecular complexity index is 952. The van der Waals surface area contributed by atoms with Crippen LogP contribution >= 0.6 is 0 Å². The summed E-state index contributed by atoms with van der Waals surface area (Å²) in [6.07, 6.45) is 4.79. The molecule has 0 spiro atoms. The maximum absolute atomic E-state index is 10.5. The summed E-state index contributed by atoms with van der Waals surface area (Å²) in [5, 5.41) is 17.6. The minimum Gasteiger partial charge on any atom is -0.507 e. The molecule has 0 saturated heterocycles. The summed E-state index contributed by atoms with van der Waals surface area (Å²) in [6, 6.07) is 16.9. The van der Waals surface area contributed by atoms with Crippen LogP contribution in [0.15, 0.2) is 48.5 Å². The van der Waals surface area contributed by atoms with Crippen LogP contribution in [0.5, 0.6) is 5.75 Å². The van der Waals surface area contributed by atoms with Crippen molar-refractivity contribution in [3.05, 3.63) is 54.1 Å². The topological polar surface area (TPSA) is 20.2 Å². The molecular weight excluding hydrogens is 268 g/mol. The van der Waals surface area contributed by atoms with Crippen LogP contribution in [0.25, 0.3) is 32.3 Å². The van der Waals surface area contributed by atoms with Crippen molar-refractivity contribution in [2.75, 3.05) is 0 Å². The maximum atomic E-state index is 10.5. The molecule has 0 radical (unpaired) electrons. The van der Waals surface area contributed by atoms with E-state index in [1.807, 2.05) is 18.2 Å². The molecule has 0 bridgehead atoms. The van der Waals surface area contributed by atoms with E-state index in [9.17, 15) is 5.11 Å². The first kappa shape index (κ1) is 13.4. The van der Waals surface area contributed by atoms with Crippen molar-refractivity contribution in [2.45, 2.75) is 32.6 Å². The molecule has 1 heteroatoms. The lowest BCUT2D eigenvalue weighted by Crippen LogP contribution is -1.91. The number of rotatable bonds is 4. The standard InChI is InChI=1S/C21H20O/c1-2-3-4-6-14-9-10-16-12-11-15-7-5-8-17-19(22)13-18(14)21(16)20(15)17/h5,7-13,22H,2-4,6H2,1H3. The molecule has 0 aliphatic carbocycles. The Hall–Kier alpha value is -2.28. The smallest absolute Gasteiger partial charge is 0.124 e. The van der Waals surface area contributed by atoms with Gasteiger partial charge < -0.3 is 5.11 Å². The molecule has 0 heterocycles. The summed E-state index contributed by atoms with van der Waals surface area (Å²) in [7, 11) is 0. The van der Waals surface area contributed by atoms with E-state index in [-0.39, 0.29) is 0 Å². The van der Waals surface area contributed by atoms with Gasteiger partial charge in [0.1, 0.15) is 5.75 Å². The lowest BCUT2D eigenvalue weighted by atomic mass is 9.90. The fraction of sp³-hybridized carbons (Fsp3) is 0.238. The van der Waals surface area contributed by atoms with Crippen molar-refractivity contribution >= 4 is 32.3 Å². The van der Waals surface area contributed by atoms with Gasteiger partial charge in [-0.3, -0.25) is 0 Å². The van der Waals surface area contributed by atoms with Crippen LogP contribution in [0, 0.1) is 0 Å². The van der Waals surface area contributed by atoms with Crippen molar-refractivity contribution in [1.82, 2.24) is 0 Å². The second-order valence-corrected chi connectivity index (χ2v) is 6.19. The Morgan fingerprint density at radius 3 is 2.36 bits per heavy atom. The molecule has 4 aromatic rings. The van der Waals surface area contributed by atoms with E-state index >= 15 is 0 Å². The maximum Gasteiger partial charge on any atom is 0.124 e. The number of benzene rings is 4. The predicted molar refractivity (Wildman–Crippen MR) is 95.0 cm³/mol. The summed E-state index contributed by atoms with van der Waals surface area (Å²) >= 11 is 0. The van der Waals surface area contributed by atoms with Crippen LogP contribution in [-0.4, -0.2) is 5.11 Å². The highest BCUT2D eigenvalue weighted by atomic mass is 16.3. The number of hydrogen-bond donors (Lipinski definition) is 1. The van der Waals surface area contributed by atoms with Crippen LogP contribution < -0.4 is 0 Å². The van der Waals surface area contributed by atoms with Gasteiger partial charge >= 0.3 is 0 Å². The Morgan fingerprint density at radius 1 is 0.818 bits per heavy atom. The molecule has 110 valence electrons. The van der Waals surface area contributed by atoms with Gasteiger partial charge in [0.15, 0.2) is 0 Å². The lowest BCUT2D eigenvalue weighted by molar-refractivity contribution is 0.482. The largest absolute Gasteiger partial charge is 0.507 e. The van der Waals surface area contributed by atoms with Gasteiger partial charge in [0.05, 0.1) is 0 Å². The number of aromatic hydroxyl groups is 1. The molecule has 1 N–H and O–H groups in total. The third-order valence-electron chi connectivity index (χ3n) is 4.76. The normalized spacial score (nSPS) is 11.9. The SMILES string of the molecule is CCCCCc1ccc2ccc3cccc4c(O)cc1c2c34. The van der Waals surface area contributed by atoms with E-state index in [0.717, 1.165) is 11.8 Å². The van der Waals surface area contributed by atoms with Crippen LogP contribution in [0.2, 0.25) is 0 Å². The Labute approximate surface area is 130 Å². The zero-order valence-electron chi connectivity index (χ0n) is 12.9. The van der Waals surface area contributed by atoms with Gasteiger partial charge in [-0.15, -0.1) is 0 Å². The van der Waals surface area contributed by atoms with Crippen molar-refractivity contribution in [1.29, 1.82) is 0 Å². The van der Waals surface area contributed by atoms with Gasteiger partial charge in [-0.25, -0.2) is 0 Å². The molecule has 4 rings (SSSR count). The van der Waals surface area contributed by atoms with Crippen molar-refractivity contribution in [3.8, 4) is 5.75 Å². The third kappa shape index (κ3) is 1.93. The number of hydrogen-bond acceptors (Lipinski definition) is 1. The fourth-order valence-corrected chi connectivity index (χ4v) is 3.64. The van der Waals surface area contributed by atoms with Gasteiger partial charge in [0.25, 0.3) is 0 Å². The second kappa shape index (κ2) is 5.17. The highest BCUT2D eigenvalue weighted by Gasteiger charge is 2.13. The van der Waals surface area contributed by atoms with Crippen molar-refractivity contribution < 1.29 is 5.11 Å². The average Bonchev–Trinajstić information content (AvgIpc) is 2.55. The molecule has 0 aliphatic rings. The van der Waals surface area contributed by atoms with E-state index < -0.39 is 0 Å². The first-order valence-corrected chi connectivity index (χ1v) is 8.18. The van der Waals surface area contributed by atoms with Crippen LogP contribution in [-0.2, 0) is 6.42 Å². The van der Waals surface area contributed by atoms with E-state index in [1.54, 1.807) is 0 Å². The van der Waals surface area contributed by atoms with Gasteiger partial charge in [0.2, 0.25) is 0 Å². The molecule has 0 unspecified atom stereocenters. The van der Waals surface area contributed by atoms with Crippen LogP contribution in [0.3, 0.4) is 0 Å². The van der Waals surface area contributed by atoms with E-state index in [4.69, 9.17) is 0 Å². The van der Waals surface area contributed by atoms with E-state index in [0.29, 0.717) is 5.75 Å². The molecule has 4 aromatic carbocycles. The molecule has 0 aliphatic heterocycles. The Balaban J connectivity index is 2.06. The molecule has 22 heavy (non-hydrogen) atoms. The summed E-state index contributed by atoms with van der Waals surface area (Å²) in [5.41, 5.74) is 1.36. The third-order valence-corrected chi connectivity index (χ3v) is 4.76. The van der Waals surface area contributed by atoms with Crippen molar-refractivity contribution in [2.24, 2.45) is 0 Å². The Morgan fingerprint density at radius 2 is 1.55 bits per heavy atom. The molecule has 0 amide bonds. The first-order chi connectivity index (χ1) is 10.8. The van der Waals surface area contributed by atoms with E-state index in [2.05, 4.69) is 37.3 Å². The summed E-state index contributed by atoms with van der Waals surface area (Å²) in [6.45, 7) is 2.23. The summed E-state index contributed by atoms with van der Waals surface area (Å²) in [4.78, 5) is 0. The summed E-state index contributed by atoms with van der Waals surface area (Å²) in [5.74, 6) is 0.397. The molecule has 0 atom stereocenters. The molecular formula is C21H20O. The van der Waals surface area contributed by atoms with Crippen LogP contribution in [0.4, 0.5) is 0 Å². The van der Waals surface area contributed by atoms with Gasteiger partial charge in [-0.2, -0.15) is 0 Å². The number of phenolic OH excluding ortho intramolecular Hbond substituents is 1. The van der Waals surface area contributed by atoms with Crippen LogP contribution in [0.1, 0.15) is 31.7 Å². The lowest BCUT2D eigenvalue weighted by Gasteiger charge is -2.15. The molecule has 0 fully saturated rings. The minimum atomic E-state index is 0.397. The zero-order valence-corrected chi connectivity index (χ0v) is 12.9. The fourth-order valence-electron chi connectivity index (χ4n) is 3.64. The molecule has 1 nitrogen and oxygen atoms in total. The predicted octanol–water partition coefficient (Wildman–Crippen LogP) is 6.02. The second-order valence-electron chi connectivity index (χ2n) is 6.19. The highest BCUT2D eigenvalue weighted by molar-refractivity contribution is 6.25. The van der Waals surface area contributed by atoms with Gasteiger partial charge in [-0.1, -0.05) is 62.2 Å². The van der Waals surface area contributed by atoms with Gasteiger partial charge in [-0.05, 0) is 46.0 Å². The highest BCUT2D eigenvalue weighted by Crippen LogP contribution is 2.40. The average molecular weight is 288 g/mol. The number of phenols is 1. The molecule has 0 aromatic heterocycles. The minimum absolute atomic E-state index is 0.397. The summed E-state index contributed by atoms with van der Waals surface area (Å²) < 4.78 is 0. The first-order valence-electron chi connectivity index (χ1n) is 8.18. The zero-order chi connectivity index (χ0) is 15.1. The van der Waals surface area contributed by atoms with Crippen molar-refractivity contribution in [3.63, 3.8) is 0 Å². The number of unbranched alkanes of at least 4 members (excludes halogenated alkanes) is 2.